The summed E-state index contributed by atoms with van der Waals surface area (Å²) in [5.74, 6) is 0.769. The Morgan fingerprint density at radius 2 is 2.00 bits per heavy atom. The molecule has 0 saturated heterocycles. The molecule has 0 heterocycles. The molecule has 0 aliphatic carbocycles. The van der Waals surface area contributed by atoms with Gasteiger partial charge < -0.3 is 10.5 Å². The van der Waals surface area contributed by atoms with Gasteiger partial charge in [0.2, 0.25) is 0 Å². The van der Waals surface area contributed by atoms with Gasteiger partial charge in [0.25, 0.3) is 0 Å². The molecule has 16 heavy (non-hydrogen) atoms. The van der Waals surface area contributed by atoms with Gasteiger partial charge in [-0.3, -0.25) is 0 Å². The molecule has 0 saturated carbocycles. The Kier molecular flexibility index (Phi) is 3.03. The lowest BCUT2D eigenvalue weighted by molar-refractivity contribution is 0.415. The molecule has 2 N–H and O–H groups in total. The first kappa shape index (κ1) is 11.2. The Morgan fingerprint density at radius 3 is 2.62 bits per heavy atom. The van der Waals surface area contributed by atoms with Crippen LogP contribution in [0.4, 0.5) is 0 Å². The lowest BCUT2D eigenvalue weighted by atomic mass is 10.0. The van der Waals surface area contributed by atoms with E-state index in [0.29, 0.717) is 5.02 Å². The first-order valence-corrected chi connectivity index (χ1v) is 5.52. The van der Waals surface area contributed by atoms with Crippen LogP contribution in [0.2, 0.25) is 5.02 Å². The molecule has 0 radical (unpaired) electrons. The van der Waals surface area contributed by atoms with Crippen LogP contribution in [-0.2, 0) is 0 Å². The molecule has 0 spiro atoms. The van der Waals surface area contributed by atoms with Crippen LogP contribution in [0, 0.1) is 0 Å². The topological polar surface area (TPSA) is 35.2 Å². The van der Waals surface area contributed by atoms with E-state index < -0.39 is 0 Å². The lowest BCUT2D eigenvalue weighted by Crippen LogP contribution is -2.04. The fourth-order valence-corrected chi connectivity index (χ4v) is 1.98. The van der Waals surface area contributed by atoms with Crippen molar-refractivity contribution in [1.29, 1.82) is 0 Å². The minimum Gasteiger partial charge on any atom is -0.497 e. The van der Waals surface area contributed by atoms with E-state index in [9.17, 15) is 0 Å². The second-order valence-corrected chi connectivity index (χ2v) is 4.29. The summed E-state index contributed by atoms with van der Waals surface area (Å²) in [6.07, 6.45) is 0. The summed E-state index contributed by atoms with van der Waals surface area (Å²) in [5.41, 5.74) is 6.93. The molecule has 2 aromatic rings. The van der Waals surface area contributed by atoms with E-state index in [4.69, 9.17) is 22.1 Å². The van der Waals surface area contributed by atoms with Crippen LogP contribution in [0.3, 0.4) is 0 Å². The number of halogens is 1. The van der Waals surface area contributed by atoms with Gasteiger partial charge in [-0.15, -0.1) is 0 Å². The highest BCUT2D eigenvalue weighted by Gasteiger charge is 2.05. The van der Waals surface area contributed by atoms with E-state index in [1.54, 1.807) is 7.11 Å². The number of fused-ring (bicyclic) bond motifs is 1. The maximum absolute atomic E-state index is 6.20. The summed E-state index contributed by atoms with van der Waals surface area (Å²) < 4.78 is 5.17. The molecule has 0 aliphatic heterocycles. The van der Waals surface area contributed by atoms with Crippen molar-refractivity contribution >= 4 is 22.4 Å². The fourth-order valence-electron chi connectivity index (χ4n) is 1.71. The molecule has 2 aromatic carbocycles. The van der Waals surface area contributed by atoms with Gasteiger partial charge in [-0.2, -0.15) is 0 Å². The van der Waals surface area contributed by atoms with Crippen molar-refractivity contribution in [2.75, 3.05) is 7.11 Å². The molecule has 2 rings (SSSR count). The van der Waals surface area contributed by atoms with Crippen molar-refractivity contribution in [3.63, 3.8) is 0 Å². The Bertz CT molecular complexity index is 523. The first-order valence-electron chi connectivity index (χ1n) is 5.14. The fraction of sp³-hybridized carbons (Fsp3) is 0.231. The monoisotopic (exact) mass is 235 g/mol. The van der Waals surface area contributed by atoms with Crippen LogP contribution < -0.4 is 10.5 Å². The summed E-state index contributed by atoms with van der Waals surface area (Å²) in [6.45, 7) is 1.96. The van der Waals surface area contributed by atoms with Crippen molar-refractivity contribution < 1.29 is 4.74 Å². The first-order chi connectivity index (χ1) is 7.61. The zero-order valence-electron chi connectivity index (χ0n) is 9.33. The summed E-state index contributed by atoms with van der Waals surface area (Å²) in [4.78, 5) is 0. The maximum atomic E-state index is 6.20. The van der Waals surface area contributed by atoms with Gasteiger partial charge in [0.05, 0.1) is 12.1 Å². The van der Waals surface area contributed by atoms with Crippen molar-refractivity contribution in [1.82, 2.24) is 0 Å². The summed E-state index contributed by atoms with van der Waals surface area (Å²) in [6, 6.07) is 9.86. The molecule has 0 fully saturated rings. The number of methoxy groups -OCH3 is 1. The summed E-state index contributed by atoms with van der Waals surface area (Å²) in [5, 5.41) is 2.77. The third-order valence-electron chi connectivity index (χ3n) is 2.66. The number of benzene rings is 2. The van der Waals surface area contributed by atoms with E-state index in [0.717, 1.165) is 22.1 Å². The van der Waals surface area contributed by atoms with Crippen molar-refractivity contribution in [2.24, 2.45) is 5.73 Å². The smallest absolute Gasteiger partial charge is 0.120 e. The van der Waals surface area contributed by atoms with Crippen LogP contribution in [0.1, 0.15) is 18.5 Å². The number of rotatable bonds is 2. The highest BCUT2D eigenvalue weighted by Crippen LogP contribution is 2.30. The van der Waals surface area contributed by atoms with Crippen LogP contribution in [0.15, 0.2) is 30.3 Å². The molecule has 1 unspecified atom stereocenters. The summed E-state index contributed by atoms with van der Waals surface area (Å²) in [7, 11) is 1.63. The van der Waals surface area contributed by atoms with Gasteiger partial charge in [-0.05, 0) is 36.1 Å². The highest BCUT2D eigenvalue weighted by atomic mass is 35.5. The maximum Gasteiger partial charge on any atom is 0.120 e. The predicted octanol–water partition coefficient (Wildman–Crippen LogP) is 3.52. The minimum atomic E-state index is 0.0163. The van der Waals surface area contributed by atoms with Crippen molar-refractivity contribution in [3.05, 3.63) is 40.9 Å². The highest BCUT2D eigenvalue weighted by molar-refractivity contribution is 6.35. The molecule has 1 atom stereocenters. The molecule has 0 aromatic heterocycles. The second-order valence-electron chi connectivity index (χ2n) is 3.88. The van der Waals surface area contributed by atoms with E-state index in [2.05, 4.69) is 0 Å². The van der Waals surface area contributed by atoms with E-state index >= 15 is 0 Å². The van der Waals surface area contributed by atoms with E-state index in [-0.39, 0.29) is 6.04 Å². The standard InChI is InChI=1S/C13H14ClNO/c1-8(15)9-3-4-10-5-11(16-2)7-13(14)12(10)6-9/h3-8H,15H2,1-2H3. The average molecular weight is 236 g/mol. The van der Waals surface area contributed by atoms with Crippen LogP contribution in [0.5, 0.6) is 5.75 Å². The molecule has 0 aliphatic rings. The van der Waals surface area contributed by atoms with Crippen molar-refractivity contribution in [2.45, 2.75) is 13.0 Å². The lowest BCUT2D eigenvalue weighted by Gasteiger charge is -2.09. The van der Waals surface area contributed by atoms with Gasteiger partial charge in [0, 0.05) is 11.4 Å². The average Bonchev–Trinajstić information content (AvgIpc) is 2.28. The number of hydrogen-bond donors (Lipinski definition) is 1. The SMILES string of the molecule is COc1cc(Cl)c2cc(C(C)N)ccc2c1. The Hall–Kier alpha value is -1.25. The molecule has 3 heteroatoms. The van der Waals surface area contributed by atoms with Crippen LogP contribution >= 0.6 is 11.6 Å². The molecular formula is C13H14ClNO. The normalized spacial score (nSPS) is 12.8. The van der Waals surface area contributed by atoms with Gasteiger partial charge in [-0.1, -0.05) is 23.7 Å². The molecule has 2 nitrogen and oxygen atoms in total. The van der Waals surface area contributed by atoms with Gasteiger partial charge in [0.1, 0.15) is 5.75 Å². The van der Waals surface area contributed by atoms with E-state index in [1.165, 1.54) is 0 Å². The molecule has 0 amide bonds. The Morgan fingerprint density at radius 1 is 1.25 bits per heavy atom. The van der Waals surface area contributed by atoms with E-state index in [1.807, 2.05) is 37.3 Å². The third-order valence-corrected chi connectivity index (χ3v) is 2.98. The zero-order valence-corrected chi connectivity index (χ0v) is 10.1. The molecule has 0 bridgehead atoms. The molecule has 84 valence electrons. The second kappa shape index (κ2) is 4.32. The van der Waals surface area contributed by atoms with Gasteiger partial charge in [0.15, 0.2) is 0 Å². The van der Waals surface area contributed by atoms with Crippen molar-refractivity contribution in [3.8, 4) is 5.75 Å². The Labute approximate surface area is 100.0 Å². The predicted molar refractivity (Wildman–Crippen MR) is 68.1 cm³/mol. The summed E-state index contributed by atoms with van der Waals surface area (Å²) >= 11 is 6.20. The third kappa shape index (κ3) is 1.99. The van der Waals surface area contributed by atoms with Crippen LogP contribution in [-0.4, -0.2) is 7.11 Å². The number of nitrogens with two attached hydrogens (primary N) is 1. The minimum absolute atomic E-state index is 0.0163. The van der Waals surface area contributed by atoms with Crippen LogP contribution in [0.25, 0.3) is 10.8 Å². The zero-order chi connectivity index (χ0) is 11.7. The Balaban J connectivity index is 2.65. The number of ether oxygens (including phenoxy) is 1. The van der Waals surface area contributed by atoms with Gasteiger partial charge in [-0.25, -0.2) is 0 Å². The number of hydrogen-bond acceptors (Lipinski definition) is 2. The quantitative estimate of drug-likeness (QED) is 0.865. The van der Waals surface area contributed by atoms with Gasteiger partial charge >= 0.3 is 0 Å². The molecular weight excluding hydrogens is 222 g/mol. The largest absolute Gasteiger partial charge is 0.497 e.